The maximum absolute atomic E-state index is 15.3. The molecule has 0 unspecified atom stereocenters. The Balaban J connectivity index is 1.50. The molecule has 0 radical (unpaired) electrons. The van der Waals surface area contributed by atoms with Gasteiger partial charge in [-0.2, -0.15) is 13.2 Å². The fourth-order valence-corrected chi connectivity index (χ4v) is 4.94. The third-order valence-corrected chi connectivity index (χ3v) is 6.98. The summed E-state index contributed by atoms with van der Waals surface area (Å²) in [5.74, 6) is -2.07. The summed E-state index contributed by atoms with van der Waals surface area (Å²) < 4.78 is 56.2. The number of aromatic nitrogens is 2. The highest BCUT2D eigenvalue weighted by Gasteiger charge is 2.37. The molecule has 0 bridgehead atoms. The van der Waals surface area contributed by atoms with Crippen molar-refractivity contribution < 1.29 is 32.6 Å². The molecule has 1 aliphatic heterocycles. The van der Waals surface area contributed by atoms with Crippen molar-refractivity contribution in [2.75, 3.05) is 18.0 Å². The van der Waals surface area contributed by atoms with E-state index >= 15 is 4.39 Å². The van der Waals surface area contributed by atoms with Gasteiger partial charge in [-0.3, -0.25) is 9.78 Å². The van der Waals surface area contributed by atoms with Crippen LogP contribution in [0.25, 0.3) is 21.8 Å². The van der Waals surface area contributed by atoms with Crippen LogP contribution in [0.3, 0.4) is 0 Å². The number of alkyl halides is 3. The van der Waals surface area contributed by atoms with Crippen LogP contribution in [0.4, 0.5) is 23.2 Å². The minimum absolute atomic E-state index is 0.0374. The number of hydrogen-bond donors (Lipinski definition) is 2. The van der Waals surface area contributed by atoms with E-state index in [1.165, 1.54) is 35.2 Å². The summed E-state index contributed by atoms with van der Waals surface area (Å²) in [4.78, 5) is 30.4. The Morgan fingerprint density at radius 2 is 1.84 bits per heavy atom. The van der Waals surface area contributed by atoms with Gasteiger partial charge in [0.05, 0.1) is 39.5 Å². The lowest BCUT2D eigenvalue weighted by Crippen LogP contribution is -2.43. The van der Waals surface area contributed by atoms with Gasteiger partial charge in [0, 0.05) is 31.7 Å². The highest BCUT2D eigenvalue weighted by molar-refractivity contribution is 6.07. The van der Waals surface area contributed by atoms with E-state index < -0.39 is 40.1 Å². The molecule has 7 nitrogen and oxygen atoms in total. The van der Waals surface area contributed by atoms with Gasteiger partial charge in [-0.1, -0.05) is 12.1 Å². The first kappa shape index (κ1) is 24.7. The van der Waals surface area contributed by atoms with Crippen molar-refractivity contribution in [1.29, 1.82) is 0 Å². The van der Waals surface area contributed by atoms with Gasteiger partial charge in [-0.05, 0) is 42.7 Å². The van der Waals surface area contributed by atoms with Crippen LogP contribution in [-0.4, -0.2) is 38.8 Å². The molecule has 0 saturated carbocycles. The number of aromatic carboxylic acids is 1. The molecule has 1 aliphatic rings. The number of benzene rings is 2. The van der Waals surface area contributed by atoms with Gasteiger partial charge in [-0.25, -0.2) is 9.18 Å². The minimum atomic E-state index is -4.54. The summed E-state index contributed by atoms with van der Waals surface area (Å²) in [5.41, 5.74) is -2.60. The molecule has 2 aromatic carbocycles. The second-order valence-electron chi connectivity index (χ2n) is 9.22. The van der Waals surface area contributed by atoms with Crippen LogP contribution >= 0.6 is 0 Å². The van der Waals surface area contributed by atoms with E-state index in [1.807, 2.05) is 0 Å². The molecule has 1 fully saturated rings. The average Bonchev–Trinajstić information content (AvgIpc) is 2.85. The summed E-state index contributed by atoms with van der Waals surface area (Å²) in [6.07, 6.45) is -1.80. The van der Waals surface area contributed by atoms with E-state index in [0.29, 0.717) is 5.52 Å². The maximum Gasteiger partial charge on any atom is 0.416 e. The molecule has 0 aliphatic carbocycles. The molecule has 1 saturated heterocycles. The van der Waals surface area contributed by atoms with Gasteiger partial charge in [-0.15, -0.1) is 0 Å². The Hall–Kier alpha value is -3.99. The van der Waals surface area contributed by atoms with Gasteiger partial charge in [0.25, 0.3) is 0 Å². The van der Waals surface area contributed by atoms with Crippen LogP contribution in [0.1, 0.15) is 34.3 Å². The molecular weight excluding hydrogens is 494 g/mol. The van der Waals surface area contributed by atoms with Crippen molar-refractivity contribution >= 4 is 33.5 Å². The molecule has 3 heterocycles. The number of carboxylic acids is 1. The lowest BCUT2D eigenvalue weighted by molar-refractivity contribution is -0.137. The van der Waals surface area contributed by atoms with Crippen molar-refractivity contribution in [1.82, 2.24) is 9.55 Å². The summed E-state index contributed by atoms with van der Waals surface area (Å²) in [7, 11) is 1.56. The topological polar surface area (TPSA) is 95.7 Å². The van der Waals surface area contributed by atoms with Crippen LogP contribution in [0.2, 0.25) is 0 Å². The van der Waals surface area contributed by atoms with Crippen molar-refractivity contribution in [3.8, 4) is 0 Å². The molecule has 11 heteroatoms. The number of halogens is 4. The maximum atomic E-state index is 15.3. The predicted molar refractivity (Wildman–Crippen MR) is 128 cm³/mol. The van der Waals surface area contributed by atoms with E-state index in [2.05, 4.69) is 4.98 Å². The second-order valence-corrected chi connectivity index (χ2v) is 9.22. The number of hydrogen-bond acceptors (Lipinski definition) is 5. The quantitative estimate of drug-likeness (QED) is 0.310. The largest absolute Gasteiger partial charge is 0.477 e. The van der Waals surface area contributed by atoms with Crippen molar-refractivity contribution in [3.63, 3.8) is 0 Å². The monoisotopic (exact) mass is 515 g/mol. The number of rotatable bonds is 3. The molecule has 37 heavy (non-hydrogen) atoms. The third kappa shape index (κ3) is 4.18. The van der Waals surface area contributed by atoms with E-state index in [4.69, 9.17) is 0 Å². The van der Waals surface area contributed by atoms with Crippen molar-refractivity contribution in [2.45, 2.75) is 24.6 Å². The number of aryl methyl sites for hydroxylation is 1. The average molecular weight is 515 g/mol. The van der Waals surface area contributed by atoms with Crippen LogP contribution < -0.4 is 10.3 Å². The molecule has 192 valence electrons. The number of aliphatic hydroxyl groups is 1. The molecular formula is C26H21F4N3O4. The lowest BCUT2D eigenvalue weighted by atomic mass is 9.83. The normalized spacial score (nSPS) is 15.9. The van der Waals surface area contributed by atoms with Crippen LogP contribution in [0, 0.1) is 5.82 Å². The standard InChI is InChI=1S/C26H21F4N3O4/c1-32-13-17(24(35)36)23(34)22-16-10-18(27)20(11-19(16)31-12-21(22)32)33-7-5-25(37,6-8-33)14-3-2-4-15(9-14)26(28,29)30/h2-4,9-13,37H,5-8H2,1H3,(H,35,36). The highest BCUT2D eigenvalue weighted by Crippen LogP contribution is 2.39. The van der Waals surface area contributed by atoms with E-state index in [9.17, 15) is 33.0 Å². The predicted octanol–water partition coefficient (Wildman–Crippen LogP) is 4.43. The van der Waals surface area contributed by atoms with Gasteiger partial charge in [0.1, 0.15) is 11.4 Å². The zero-order valence-corrected chi connectivity index (χ0v) is 19.5. The fourth-order valence-electron chi connectivity index (χ4n) is 4.94. The first-order valence-corrected chi connectivity index (χ1v) is 11.4. The fraction of sp³-hybridized carbons (Fsp3) is 0.269. The molecule has 0 atom stereocenters. The first-order valence-electron chi connectivity index (χ1n) is 11.4. The molecule has 0 spiro atoms. The first-order chi connectivity index (χ1) is 17.4. The van der Waals surface area contributed by atoms with Crippen LogP contribution in [-0.2, 0) is 18.8 Å². The Morgan fingerprint density at radius 3 is 2.49 bits per heavy atom. The van der Waals surface area contributed by atoms with Crippen molar-refractivity contribution in [3.05, 3.63) is 81.5 Å². The Labute approximate surface area is 207 Å². The second kappa shape index (κ2) is 8.55. The minimum Gasteiger partial charge on any atom is -0.477 e. The van der Waals surface area contributed by atoms with E-state index in [1.54, 1.807) is 11.9 Å². The Bertz CT molecular complexity index is 1620. The lowest BCUT2D eigenvalue weighted by Gasteiger charge is -2.40. The molecule has 0 amide bonds. The summed E-state index contributed by atoms with van der Waals surface area (Å²) in [6, 6.07) is 7.17. The van der Waals surface area contributed by atoms with E-state index in [0.717, 1.165) is 18.2 Å². The van der Waals surface area contributed by atoms with Crippen LogP contribution in [0.5, 0.6) is 0 Å². The van der Waals surface area contributed by atoms with Crippen LogP contribution in [0.15, 0.2) is 53.6 Å². The zero-order chi connectivity index (χ0) is 26.7. The van der Waals surface area contributed by atoms with Gasteiger partial charge in [0.2, 0.25) is 5.43 Å². The van der Waals surface area contributed by atoms with Gasteiger partial charge >= 0.3 is 12.1 Å². The molecule has 5 rings (SSSR count). The van der Waals surface area contributed by atoms with E-state index in [-0.39, 0.29) is 53.5 Å². The summed E-state index contributed by atoms with van der Waals surface area (Å²) in [5, 5.41) is 20.7. The number of carbonyl (C=O) groups is 1. The Kier molecular flexibility index (Phi) is 5.70. The molecule has 2 aromatic heterocycles. The highest BCUT2D eigenvalue weighted by atomic mass is 19.4. The number of fused-ring (bicyclic) bond motifs is 3. The number of anilines is 1. The van der Waals surface area contributed by atoms with Crippen molar-refractivity contribution in [2.24, 2.45) is 7.05 Å². The number of pyridine rings is 2. The number of carboxylic acid groups (broad SMARTS) is 1. The molecule has 4 aromatic rings. The zero-order valence-electron chi connectivity index (χ0n) is 19.5. The molecule has 2 N–H and O–H groups in total. The summed E-state index contributed by atoms with van der Waals surface area (Å²) in [6.45, 7) is 0.321. The van der Waals surface area contributed by atoms with Gasteiger partial charge < -0.3 is 19.7 Å². The Morgan fingerprint density at radius 1 is 1.14 bits per heavy atom. The smallest absolute Gasteiger partial charge is 0.416 e. The summed E-state index contributed by atoms with van der Waals surface area (Å²) >= 11 is 0. The van der Waals surface area contributed by atoms with Gasteiger partial charge in [0.15, 0.2) is 0 Å². The number of nitrogens with zero attached hydrogens (tertiary/aromatic N) is 3. The third-order valence-electron chi connectivity index (χ3n) is 6.98. The number of piperidine rings is 1. The SMILES string of the molecule is Cn1cc(C(=O)O)c(=O)c2c3cc(F)c(N4CCC(O)(c5cccc(C(F)(F)F)c5)CC4)cc3ncc21.